The number of nitrogens with one attached hydrogen (secondary N) is 1. The summed E-state index contributed by atoms with van der Waals surface area (Å²) in [6.45, 7) is 2.02. The SMILES string of the molecule is COC(=O)c1ccc(C)c(NC(=O)CCn2c(=O)oc3ccccc32)c1. The van der Waals surface area contributed by atoms with E-state index in [0.29, 0.717) is 22.4 Å². The molecule has 3 aromatic rings. The molecule has 7 nitrogen and oxygen atoms in total. The number of nitrogens with zero attached hydrogens (tertiary/aromatic N) is 1. The maximum absolute atomic E-state index is 12.3. The van der Waals surface area contributed by atoms with Crippen LogP contribution in [0, 0.1) is 6.92 Å². The van der Waals surface area contributed by atoms with E-state index in [9.17, 15) is 14.4 Å². The van der Waals surface area contributed by atoms with Gasteiger partial charge in [-0.3, -0.25) is 9.36 Å². The minimum Gasteiger partial charge on any atom is -0.465 e. The van der Waals surface area contributed by atoms with Gasteiger partial charge in [0.1, 0.15) is 0 Å². The lowest BCUT2D eigenvalue weighted by atomic mass is 10.1. The molecule has 0 saturated carbocycles. The molecule has 0 saturated heterocycles. The minimum absolute atomic E-state index is 0.0886. The largest absolute Gasteiger partial charge is 0.465 e. The Morgan fingerprint density at radius 2 is 1.96 bits per heavy atom. The van der Waals surface area contributed by atoms with Gasteiger partial charge in [0, 0.05) is 18.7 Å². The normalized spacial score (nSPS) is 10.7. The van der Waals surface area contributed by atoms with Gasteiger partial charge in [0.2, 0.25) is 5.91 Å². The highest BCUT2D eigenvalue weighted by atomic mass is 16.5. The van der Waals surface area contributed by atoms with Crippen LogP contribution >= 0.6 is 0 Å². The number of methoxy groups -OCH3 is 1. The molecular weight excluding hydrogens is 336 g/mol. The standard InChI is InChI=1S/C19H18N2O5/c1-12-7-8-13(18(23)25-2)11-14(12)20-17(22)9-10-21-15-5-3-4-6-16(15)26-19(21)24/h3-8,11H,9-10H2,1-2H3,(H,20,22). The smallest absolute Gasteiger partial charge is 0.419 e. The number of amides is 1. The first-order valence-corrected chi connectivity index (χ1v) is 8.07. The number of fused-ring (bicyclic) bond motifs is 1. The molecule has 0 aliphatic carbocycles. The third kappa shape index (κ3) is 3.51. The van der Waals surface area contributed by atoms with E-state index in [1.807, 2.05) is 6.92 Å². The monoisotopic (exact) mass is 354 g/mol. The predicted octanol–water partition coefficient (Wildman–Crippen LogP) is 2.72. The van der Waals surface area contributed by atoms with Crippen molar-refractivity contribution in [3.05, 3.63) is 64.1 Å². The van der Waals surface area contributed by atoms with Crippen molar-refractivity contribution < 1.29 is 18.7 Å². The Kier molecular flexibility index (Phi) is 4.88. The molecule has 7 heteroatoms. The van der Waals surface area contributed by atoms with Crippen molar-refractivity contribution in [1.82, 2.24) is 4.57 Å². The molecule has 0 spiro atoms. The lowest BCUT2D eigenvalue weighted by Gasteiger charge is -2.10. The first kappa shape index (κ1) is 17.5. The van der Waals surface area contributed by atoms with Crippen molar-refractivity contribution >= 4 is 28.7 Å². The second-order valence-corrected chi connectivity index (χ2v) is 5.81. The summed E-state index contributed by atoms with van der Waals surface area (Å²) in [5, 5.41) is 2.77. The predicted molar refractivity (Wildman–Crippen MR) is 96.2 cm³/mol. The van der Waals surface area contributed by atoms with Gasteiger partial charge < -0.3 is 14.5 Å². The number of rotatable bonds is 5. The van der Waals surface area contributed by atoms with Crippen LogP contribution < -0.4 is 11.1 Å². The third-order valence-corrected chi connectivity index (χ3v) is 4.07. The van der Waals surface area contributed by atoms with Gasteiger partial charge in [0.05, 0.1) is 18.2 Å². The van der Waals surface area contributed by atoms with E-state index in [-0.39, 0.29) is 18.9 Å². The summed E-state index contributed by atoms with van der Waals surface area (Å²) >= 11 is 0. The number of benzene rings is 2. The van der Waals surface area contributed by atoms with Crippen LogP contribution in [0.5, 0.6) is 0 Å². The van der Waals surface area contributed by atoms with Crippen molar-refractivity contribution in [3.8, 4) is 0 Å². The molecule has 0 bridgehead atoms. The highest BCUT2D eigenvalue weighted by Gasteiger charge is 2.13. The van der Waals surface area contributed by atoms with Crippen molar-refractivity contribution in [2.75, 3.05) is 12.4 Å². The lowest BCUT2D eigenvalue weighted by Crippen LogP contribution is -2.20. The highest BCUT2D eigenvalue weighted by Crippen LogP contribution is 2.18. The van der Waals surface area contributed by atoms with Gasteiger partial charge in [0.25, 0.3) is 0 Å². The molecule has 1 N–H and O–H groups in total. The number of carbonyl (C=O) groups excluding carboxylic acids is 2. The van der Waals surface area contributed by atoms with E-state index >= 15 is 0 Å². The molecule has 0 unspecified atom stereocenters. The van der Waals surface area contributed by atoms with Crippen LogP contribution in [0.1, 0.15) is 22.3 Å². The maximum Gasteiger partial charge on any atom is 0.419 e. The van der Waals surface area contributed by atoms with Crippen molar-refractivity contribution in [2.45, 2.75) is 19.9 Å². The van der Waals surface area contributed by atoms with Crippen LogP contribution in [0.2, 0.25) is 0 Å². The van der Waals surface area contributed by atoms with Crippen molar-refractivity contribution in [3.63, 3.8) is 0 Å². The molecule has 0 aliphatic rings. The molecule has 1 heterocycles. The summed E-state index contributed by atoms with van der Waals surface area (Å²) in [7, 11) is 1.30. The Labute approximate surface area is 149 Å². The number of aryl methyl sites for hydroxylation is 2. The third-order valence-electron chi connectivity index (χ3n) is 4.07. The molecule has 134 valence electrons. The van der Waals surface area contributed by atoms with E-state index in [0.717, 1.165) is 5.56 Å². The lowest BCUT2D eigenvalue weighted by molar-refractivity contribution is -0.116. The van der Waals surface area contributed by atoms with Gasteiger partial charge in [-0.2, -0.15) is 0 Å². The summed E-state index contributed by atoms with van der Waals surface area (Å²) in [4.78, 5) is 35.8. The molecule has 1 aromatic heterocycles. The molecule has 3 rings (SSSR count). The summed E-state index contributed by atoms with van der Waals surface area (Å²) in [6.07, 6.45) is 0.0886. The minimum atomic E-state index is -0.497. The Morgan fingerprint density at radius 3 is 2.73 bits per heavy atom. The maximum atomic E-state index is 12.3. The average molecular weight is 354 g/mol. The zero-order chi connectivity index (χ0) is 18.7. The molecular formula is C19H18N2O5. The molecule has 0 fully saturated rings. The number of hydrogen-bond donors (Lipinski definition) is 1. The molecule has 2 aromatic carbocycles. The molecule has 0 atom stereocenters. The van der Waals surface area contributed by atoms with E-state index in [2.05, 4.69) is 10.1 Å². The van der Waals surface area contributed by atoms with Crippen LogP contribution in [0.25, 0.3) is 11.1 Å². The molecule has 0 aliphatic heterocycles. The zero-order valence-corrected chi connectivity index (χ0v) is 14.4. The van der Waals surface area contributed by atoms with Crippen LogP contribution in [-0.2, 0) is 16.1 Å². The van der Waals surface area contributed by atoms with Gasteiger partial charge in [0.15, 0.2) is 5.58 Å². The van der Waals surface area contributed by atoms with E-state index < -0.39 is 11.7 Å². The summed E-state index contributed by atoms with van der Waals surface area (Å²) in [6, 6.07) is 12.0. The van der Waals surface area contributed by atoms with Gasteiger partial charge in [-0.05, 0) is 36.8 Å². The van der Waals surface area contributed by atoms with Gasteiger partial charge in [-0.25, -0.2) is 9.59 Å². The first-order chi connectivity index (χ1) is 12.5. The first-order valence-electron chi connectivity index (χ1n) is 8.07. The van der Waals surface area contributed by atoms with Crippen LogP contribution in [0.15, 0.2) is 51.7 Å². The Hall–Kier alpha value is -3.35. The fourth-order valence-corrected chi connectivity index (χ4v) is 2.65. The topological polar surface area (TPSA) is 90.5 Å². The number of aromatic nitrogens is 1. The number of carbonyl (C=O) groups is 2. The second-order valence-electron chi connectivity index (χ2n) is 5.81. The fourth-order valence-electron chi connectivity index (χ4n) is 2.65. The van der Waals surface area contributed by atoms with E-state index in [4.69, 9.17) is 4.42 Å². The van der Waals surface area contributed by atoms with Crippen LogP contribution in [0.4, 0.5) is 5.69 Å². The Morgan fingerprint density at radius 1 is 1.19 bits per heavy atom. The zero-order valence-electron chi connectivity index (χ0n) is 14.4. The molecule has 0 radical (unpaired) electrons. The highest BCUT2D eigenvalue weighted by molar-refractivity contribution is 5.95. The fraction of sp³-hybridized carbons (Fsp3) is 0.211. The van der Waals surface area contributed by atoms with E-state index in [1.54, 1.807) is 42.5 Å². The summed E-state index contributed by atoms with van der Waals surface area (Å²) < 4.78 is 11.3. The number of anilines is 1. The number of ether oxygens (including phenoxy) is 1. The van der Waals surface area contributed by atoms with Gasteiger partial charge in [-0.15, -0.1) is 0 Å². The van der Waals surface area contributed by atoms with Gasteiger partial charge in [-0.1, -0.05) is 18.2 Å². The second kappa shape index (κ2) is 7.26. The molecule has 1 amide bonds. The van der Waals surface area contributed by atoms with E-state index in [1.165, 1.54) is 11.7 Å². The summed E-state index contributed by atoms with van der Waals surface area (Å²) in [5.74, 6) is -1.24. The average Bonchev–Trinajstić information content (AvgIpc) is 2.96. The van der Waals surface area contributed by atoms with Crippen LogP contribution in [0.3, 0.4) is 0 Å². The van der Waals surface area contributed by atoms with Crippen LogP contribution in [-0.4, -0.2) is 23.6 Å². The quantitative estimate of drug-likeness (QED) is 0.712. The van der Waals surface area contributed by atoms with Crippen molar-refractivity contribution in [2.24, 2.45) is 0 Å². The van der Waals surface area contributed by atoms with Gasteiger partial charge >= 0.3 is 11.7 Å². The number of oxazole rings is 1. The summed E-state index contributed by atoms with van der Waals surface area (Å²) in [5.41, 5.74) is 2.83. The number of hydrogen-bond acceptors (Lipinski definition) is 5. The number of esters is 1. The Bertz CT molecular complexity index is 1030. The Balaban J connectivity index is 1.72. The van der Waals surface area contributed by atoms with Crippen molar-refractivity contribution in [1.29, 1.82) is 0 Å². The molecule has 26 heavy (non-hydrogen) atoms. The number of para-hydroxylation sites is 2.